The Morgan fingerprint density at radius 3 is 2.48 bits per heavy atom. The van der Waals surface area contributed by atoms with Crippen molar-refractivity contribution in [2.75, 3.05) is 23.8 Å². The zero-order valence-corrected chi connectivity index (χ0v) is 23.9. The molecule has 0 saturated heterocycles. The number of nitrogen functional groups attached to an aromatic ring is 1. The van der Waals surface area contributed by atoms with Crippen LogP contribution in [0.2, 0.25) is 0 Å². The number of benzene rings is 2. The number of aromatic nitrogens is 1. The zero-order chi connectivity index (χ0) is 31.9. The molecule has 2 amide bonds. The molecule has 2 N–H and O–H groups in total. The number of nitrogens with two attached hydrogens (primary N) is 1. The van der Waals surface area contributed by atoms with E-state index in [0.29, 0.717) is 43.1 Å². The van der Waals surface area contributed by atoms with Crippen molar-refractivity contribution in [2.45, 2.75) is 51.4 Å². The highest BCUT2D eigenvalue weighted by atomic mass is 19.4. The van der Waals surface area contributed by atoms with E-state index >= 15 is 0 Å². The summed E-state index contributed by atoms with van der Waals surface area (Å²) in [5.41, 5.74) is 8.00. The van der Waals surface area contributed by atoms with Crippen molar-refractivity contribution in [1.82, 2.24) is 9.88 Å². The lowest BCUT2D eigenvalue weighted by Crippen LogP contribution is -2.44. The van der Waals surface area contributed by atoms with E-state index < -0.39 is 48.9 Å². The molecule has 0 radical (unpaired) electrons. The first-order valence-electron chi connectivity index (χ1n) is 13.9. The number of carbonyl (C=O) groups is 4. The second-order valence-corrected chi connectivity index (χ2v) is 10.3. The monoisotopic (exact) mass is 612 g/mol. The lowest BCUT2D eigenvalue weighted by molar-refractivity contribution is -0.202. The number of alkyl halides is 3. The first kappa shape index (κ1) is 32.0. The van der Waals surface area contributed by atoms with Crippen molar-refractivity contribution >= 4 is 35.3 Å². The average molecular weight is 613 g/mol. The second kappa shape index (κ2) is 14.0. The third-order valence-electron chi connectivity index (χ3n) is 6.98. The summed E-state index contributed by atoms with van der Waals surface area (Å²) in [5.74, 6) is -4.35. The van der Waals surface area contributed by atoms with E-state index in [1.165, 1.54) is 11.8 Å². The van der Waals surface area contributed by atoms with Gasteiger partial charge in [0.05, 0.1) is 30.8 Å². The molecule has 1 aromatic heterocycles. The summed E-state index contributed by atoms with van der Waals surface area (Å²) in [7, 11) is 0. The van der Waals surface area contributed by atoms with Crippen molar-refractivity contribution < 1.29 is 41.8 Å². The number of nitrogens with zero attached hydrogens (tertiary/aromatic N) is 3. The standard InChI is InChI=1S/C31H31F3N4O6/c1-20(16-27(40)44-30(42)31(32,33)34)37-19-26(39)38(18-22-9-3-2-4-10-22)24-13-12-21(17-23(24)29(37)41)8-5-6-15-43-25-11-7-14-36-28(25)35/h2-4,7,9-14,17,20H,5-6,8,15-16,18-19H2,1H3,(H2,35,36). The van der Waals surface area contributed by atoms with Gasteiger partial charge in [-0.2, -0.15) is 13.2 Å². The molecule has 0 saturated carbocycles. The highest BCUT2D eigenvalue weighted by Crippen LogP contribution is 2.30. The van der Waals surface area contributed by atoms with Gasteiger partial charge in [-0.05, 0) is 61.6 Å². The molecule has 13 heteroatoms. The van der Waals surface area contributed by atoms with E-state index in [1.54, 1.807) is 30.5 Å². The number of pyridine rings is 1. The molecule has 232 valence electrons. The van der Waals surface area contributed by atoms with Crippen LogP contribution in [-0.2, 0) is 32.1 Å². The molecule has 2 heterocycles. The largest absolute Gasteiger partial charge is 0.491 e. The fourth-order valence-electron chi connectivity index (χ4n) is 4.73. The third kappa shape index (κ3) is 8.12. The maximum atomic E-state index is 13.8. The van der Waals surface area contributed by atoms with Gasteiger partial charge >= 0.3 is 18.1 Å². The van der Waals surface area contributed by atoms with Crippen LogP contribution in [0.1, 0.15) is 47.7 Å². The molecule has 0 bridgehead atoms. The zero-order valence-electron chi connectivity index (χ0n) is 23.9. The number of esters is 2. The van der Waals surface area contributed by atoms with Gasteiger partial charge in [0.1, 0.15) is 6.54 Å². The molecular formula is C31H31F3N4O6. The van der Waals surface area contributed by atoms with Gasteiger partial charge < -0.3 is 25.0 Å². The Labute approximate surface area is 251 Å². The molecule has 10 nitrogen and oxygen atoms in total. The quantitative estimate of drug-likeness (QED) is 0.191. The Bertz CT molecular complexity index is 1520. The number of anilines is 2. The Balaban J connectivity index is 1.52. The number of aryl methyl sites for hydroxylation is 1. The highest BCUT2D eigenvalue weighted by molar-refractivity contribution is 6.10. The first-order chi connectivity index (χ1) is 20.9. The van der Waals surface area contributed by atoms with Crippen LogP contribution in [-0.4, -0.2) is 59.0 Å². The van der Waals surface area contributed by atoms with E-state index in [4.69, 9.17) is 10.5 Å². The van der Waals surface area contributed by atoms with Gasteiger partial charge in [-0.15, -0.1) is 0 Å². The molecule has 1 aliphatic heterocycles. The van der Waals surface area contributed by atoms with Gasteiger partial charge in [0.15, 0.2) is 11.6 Å². The Morgan fingerprint density at radius 2 is 1.77 bits per heavy atom. The molecule has 0 spiro atoms. The molecule has 1 aliphatic rings. The van der Waals surface area contributed by atoms with Crippen LogP contribution in [0, 0.1) is 0 Å². The molecule has 44 heavy (non-hydrogen) atoms. The normalized spacial score (nSPS) is 14.1. The molecular weight excluding hydrogens is 581 g/mol. The van der Waals surface area contributed by atoms with E-state index in [0.717, 1.165) is 16.0 Å². The van der Waals surface area contributed by atoms with Crippen LogP contribution in [0.25, 0.3) is 0 Å². The summed E-state index contributed by atoms with van der Waals surface area (Å²) in [4.78, 5) is 57.1. The second-order valence-electron chi connectivity index (χ2n) is 10.3. The van der Waals surface area contributed by atoms with E-state index in [2.05, 4.69) is 9.72 Å². The molecule has 0 aliphatic carbocycles. The lowest BCUT2D eigenvalue weighted by Gasteiger charge is -2.27. The number of carbonyl (C=O) groups excluding carboxylic acids is 4. The van der Waals surface area contributed by atoms with Gasteiger partial charge in [-0.25, -0.2) is 9.78 Å². The number of ether oxygens (including phenoxy) is 2. The van der Waals surface area contributed by atoms with Crippen molar-refractivity contribution in [3.05, 3.63) is 83.6 Å². The van der Waals surface area contributed by atoms with Crippen molar-refractivity contribution in [3.63, 3.8) is 0 Å². The van der Waals surface area contributed by atoms with E-state index in [9.17, 15) is 32.3 Å². The van der Waals surface area contributed by atoms with Crippen LogP contribution in [0.4, 0.5) is 24.7 Å². The van der Waals surface area contributed by atoms with Gasteiger partial charge in [0, 0.05) is 12.2 Å². The van der Waals surface area contributed by atoms with E-state index in [-0.39, 0.29) is 12.1 Å². The summed E-state index contributed by atoms with van der Waals surface area (Å²) in [5, 5.41) is 0. The maximum Gasteiger partial charge on any atom is 0.491 e. The summed E-state index contributed by atoms with van der Waals surface area (Å²) in [6, 6.07) is 16.8. The van der Waals surface area contributed by atoms with Crippen LogP contribution < -0.4 is 15.4 Å². The number of halogens is 3. The predicted octanol–water partition coefficient (Wildman–Crippen LogP) is 4.47. The minimum Gasteiger partial charge on any atom is -0.490 e. The molecule has 1 atom stereocenters. The summed E-state index contributed by atoms with van der Waals surface area (Å²) in [6.45, 7) is 1.53. The van der Waals surface area contributed by atoms with Crippen LogP contribution in [0.15, 0.2) is 66.9 Å². The summed E-state index contributed by atoms with van der Waals surface area (Å²) < 4.78 is 47.3. The SMILES string of the molecule is CC(CC(=O)OC(=O)C(F)(F)F)N1CC(=O)N(Cc2ccccc2)c2ccc(CCCCOc3cccnc3N)cc2C1=O. The minimum absolute atomic E-state index is 0.165. The van der Waals surface area contributed by atoms with Crippen molar-refractivity contribution in [2.24, 2.45) is 0 Å². The number of unbranched alkanes of at least 4 members (excludes halogenated alkanes) is 1. The van der Waals surface area contributed by atoms with Crippen LogP contribution in [0.3, 0.4) is 0 Å². The Morgan fingerprint density at radius 1 is 1.02 bits per heavy atom. The molecule has 4 rings (SSSR count). The average Bonchev–Trinajstić information content (AvgIpc) is 3.08. The fraction of sp³-hybridized carbons (Fsp3) is 0.323. The fourth-order valence-corrected chi connectivity index (χ4v) is 4.73. The van der Waals surface area contributed by atoms with Crippen molar-refractivity contribution in [1.29, 1.82) is 0 Å². The molecule has 1 unspecified atom stereocenters. The number of hydrogen-bond donors (Lipinski definition) is 1. The summed E-state index contributed by atoms with van der Waals surface area (Å²) >= 11 is 0. The topological polar surface area (TPSA) is 132 Å². The van der Waals surface area contributed by atoms with Crippen molar-refractivity contribution in [3.8, 4) is 5.75 Å². The Kier molecular flexibility index (Phi) is 10.2. The summed E-state index contributed by atoms with van der Waals surface area (Å²) in [6.07, 6.45) is -2.53. The van der Waals surface area contributed by atoms with Gasteiger partial charge in [0.25, 0.3) is 5.91 Å². The Hall–Kier alpha value is -4.94. The molecule has 2 aromatic carbocycles. The number of hydrogen-bond acceptors (Lipinski definition) is 8. The minimum atomic E-state index is -5.35. The van der Waals surface area contributed by atoms with Crippen LogP contribution in [0.5, 0.6) is 5.75 Å². The smallest absolute Gasteiger partial charge is 0.490 e. The maximum absolute atomic E-state index is 13.8. The van der Waals surface area contributed by atoms with E-state index in [1.807, 2.05) is 36.4 Å². The first-order valence-corrected chi connectivity index (χ1v) is 13.9. The van der Waals surface area contributed by atoms with Crippen LogP contribution >= 0.6 is 0 Å². The highest BCUT2D eigenvalue weighted by Gasteiger charge is 2.43. The number of fused-ring (bicyclic) bond motifs is 1. The number of rotatable bonds is 11. The predicted molar refractivity (Wildman–Crippen MR) is 153 cm³/mol. The molecule has 0 fully saturated rings. The third-order valence-corrected chi connectivity index (χ3v) is 6.98. The van der Waals surface area contributed by atoms with Gasteiger partial charge in [0.2, 0.25) is 5.91 Å². The lowest BCUT2D eigenvalue weighted by atomic mass is 10.0. The van der Waals surface area contributed by atoms with Gasteiger partial charge in [-0.1, -0.05) is 36.4 Å². The number of amides is 2. The van der Waals surface area contributed by atoms with Gasteiger partial charge in [-0.3, -0.25) is 14.4 Å². The molecule has 3 aromatic rings.